The van der Waals surface area contributed by atoms with Crippen molar-refractivity contribution < 1.29 is 35.9 Å². The zero-order valence-electron chi connectivity index (χ0n) is 17.9. The van der Waals surface area contributed by atoms with Gasteiger partial charge in [0, 0.05) is 50.7 Å². The SMILES string of the molecule is CC[C@@H]1CN(C(=O)OCCc2c[nH]c(=O)c(C(F)(F)F)c2)CCN1c1ncc(C(F)(F)F)cn1. The van der Waals surface area contributed by atoms with Gasteiger partial charge in [0.05, 0.1) is 12.2 Å². The first-order valence-electron chi connectivity index (χ1n) is 10.3. The summed E-state index contributed by atoms with van der Waals surface area (Å²) in [6, 6.07) is 0.439. The van der Waals surface area contributed by atoms with E-state index in [0.29, 0.717) is 24.9 Å². The fraction of sp³-hybridized carbons (Fsp3) is 0.500. The van der Waals surface area contributed by atoms with Gasteiger partial charge in [0.2, 0.25) is 5.95 Å². The zero-order valence-corrected chi connectivity index (χ0v) is 17.9. The van der Waals surface area contributed by atoms with E-state index >= 15 is 0 Å². The molecule has 3 rings (SSSR count). The van der Waals surface area contributed by atoms with Crippen molar-refractivity contribution in [2.45, 2.75) is 38.2 Å². The molecule has 2 aromatic rings. The Bertz CT molecular complexity index is 1050. The summed E-state index contributed by atoms with van der Waals surface area (Å²) in [4.78, 5) is 36.5. The van der Waals surface area contributed by atoms with Gasteiger partial charge >= 0.3 is 18.4 Å². The third kappa shape index (κ3) is 5.97. The van der Waals surface area contributed by atoms with E-state index < -0.39 is 35.1 Å². The molecule has 0 spiro atoms. The Labute approximate surface area is 189 Å². The molecule has 14 heteroatoms. The number of piperazine rings is 1. The fourth-order valence-corrected chi connectivity index (χ4v) is 3.48. The van der Waals surface area contributed by atoms with Crippen LogP contribution in [0.1, 0.15) is 30.0 Å². The topological polar surface area (TPSA) is 91.4 Å². The Morgan fingerprint density at radius 3 is 2.41 bits per heavy atom. The number of nitrogens with one attached hydrogen (secondary N) is 1. The quantitative estimate of drug-likeness (QED) is 0.642. The van der Waals surface area contributed by atoms with Gasteiger partial charge in [0.1, 0.15) is 5.56 Å². The van der Waals surface area contributed by atoms with Crippen molar-refractivity contribution in [3.05, 3.63) is 51.7 Å². The van der Waals surface area contributed by atoms with Gasteiger partial charge in [-0.3, -0.25) is 4.79 Å². The fourth-order valence-electron chi connectivity index (χ4n) is 3.48. The van der Waals surface area contributed by atoms with E-state index in [1.807, 2.05) is 11.9 Å². The Kier molecular flexibility index (Phi) is 7.36. The number of carbonyl (C=O) groups excluding carboxylic acids is 1. The number of carbonyl (C=O) groups is 1. The van der Waals surface area contributed by atoms with Crippen molar-refractivity contribution in [2.24, 2.45) is 0 Å². The van der Waals surface area contributed by atoms with Crippen LogP contribution in [0.25, 0.3) is 0 Å². The largest absolute Gasteiger partial charge is 0.449 e. The number of hydrogen-bond donors (Lipinski definition) is 1. The van der Waals surface area contributed by atoms with Gasteiger partial charge in [0.15, 0.2) is 0 Å². The number of pyridine rings is 1. The molecule has 8 nitrogen and oxygen atoms in total. The van der Waals surface area contributed by atoms with Gasteiger partial charge in [-0.05, 0) is 18.1 Å². The number of aromatic nitrogens is 3. The number of H-pyrrole nitrogens is 1. The molecule has 0 saturated carbocycles. The lowest BCUT2D eigenvalue weighted by Crippen LogP contribution is -2.55. The van der Waals surface area contributed by atoms with Crippen LogP contribution in [0.2, 0.25) is 0 Å². The van der Waals surface area contributed by atoms with Crippen LogP contribution in [0.3, 0.4) is 0 Å². The molecule has 2 aromatic heterocycles. The average molecular weight is 493 g/mol. The highest BCUT2D eigenvalue weighted by atomic mass is 19.4. The van der Waals surface area contributed by atoms with Crippen molar-refractivity contribution in [2.75, 3.05) is 31.1 Å². The Hall–Kier alpha value is -3.32. The first kappa shape index (κ1) is 25.3. The summed E-state index contributed by atoms with van der Waals surface area (Å²) < 4.78 is 81.9. The number of anilines is 1. The van der Waals surface area contributed by atoms with Crippen LogP contribution in [0.5, 0.6) is 0 Å². The molecule has 1 N–H and O–H groups in total. The molecule has 0 aliphatic carbocycles. The number of nitrogens with zero attached hydrogens (tertiary/aromatic N) is 4. The lowest BCUT2D eigenvalue weighted by molar-refractivity contribution is -0.139. The highest BCUT2D eigenvalue weighted by molar-refractivity contribution is 5.68. The van der Waals surface area contributed by atoms with Crippen LogP contribution in [-0.2, 0) is 23.5 Å². The highest BCUT2D eigenvalue weighted by Gasteiger charge is 2.35. The molecule has 3 heterocycles. The number of alkyl halides is 6. The second-order valence-corrected chi connectivity index (χ2v) is 7.58. The van der Waals surface area contributed by atoms with Crippen LogP contribution in [-0.4, -0.2) is 58.2 Å². The van der Waals surface area contributed by atoms with Crippen molar-refractivity contribution >= 4 is 12.0 Å². The maximum atomic E-state index is 12.8. The van der Waals surface area contributed by atoms with Crippen molar-refractivity contribution in [1.82, 2.24) is 19.9 Å². The number of aromatic amines is 1. The summed E-state index contributed by atoms with van der Waals surface area (Å²) in [6.45, 7) is 2.28. The minimum absolute atomic E-state index is 0.0395. The van der Waals surface area contributed by atoms with E-state index in [4.69, 9.17) is 4.74 Å². The summed E-state index contributed by atoms with van der Waals surface area (Å²) >= 11 is 0. The van der Waals surface area contributed by atoms with Gasteiger partial charge < -0.3 is 19.5 Å². The summed E-state index contributed by atoms with van der Waals surface area (Å²) in [5, 5.41) is 0. The first-order chi connectivity index (χ1) is 15.9. The summed E-state index contributed by atoms with van der Waals surface area (Å²) in [5.41, 5.74) is -3.40. The van der Waals surface area contributed by atoms with E-state index in [0.717, 1.165) is 6.20 Å². The third-order valence-electron chi connectivity index (χ3n) is 5.32. The summed E-state index contributed by atoms with van der Waals surface area (Å²) in [6.07, 6.45) is -6.98. The molecule has 1 fully saturated rings. The molecule has 1 saturated heterocycles. The molecule has 1 aliphatic rings. The van der Waals surface area contributed by atoms with Gasteiger partial charge in [-0.25, -0.2) is 14.8 Å². The molecule has 0 aromatic carbocycles. The second kappa shape index (κ2) is 9.89. The minimum Gasteiger partial charge on any atom is -0.449 e. The zero-order chi connectivity index (χ0) is 25.1. The van der Waals surface area contributed by atoms with Gasteiger partial charge in [-0.1, -0.05) is 6.92 Å². The molecule has 34 heavy (non-hydrogen) atoms. The normalized spacial score (nSPS) is 17.1. The first-order valence-corrected chi connectivity index (χ1v) is 10.3. The molecule has 1 amide bonds. The lowest BCUT2D eigenvalue weighted by Gasteiger charge is -2.40. The number of amides is 1. The second-order valence-electron chi connectivity index (χ2n) is 7.58. The standard InChI is InChI=1S/C20H21F6N5O3/c1-2-14-11-30(4-5-31(14)17-28-9-13(10-29-17)19(21,22)23)18(33)34-6-3-12-7-15(20(24,25)26)16(32)27-8-12/h7-10,14H,2-6,11H2,1H3,(H,27,32)/t14-/m1/s1. The van der Waals surface area contributed by atoms with Gasteiger partial charge in [0.25, 0.3) is 5.56 Å². The van der Waals surface area contributed by atoms with Crippen molar-refractivity contribution in [3.63, 3.8) is 0 Å². The van der Waals surface area contributed by atoms with Crippen LogP contribution in [0.15, 0.2) is 29.5 Å². The van der Waals surface area contributed by atoms with Gasteiger partial charge in [-0.2, -0.15) is 26.3 Å². The minimum atomic E-state index is -4.80. The van der Waals surface area contributed by atoms with Crippen LogP contribution in [0, 0.1) is 0 Å². The molecular formula is C20H21F6N5O3. The van der Waals surface area contributed by atoms with E-state index in [-0.39, 0.29) is 50.2 Å². The monoisotopic (exact) mass is 493 g/mol. The van der Waals surface area contributed by atoms with E-state index in [1.54, 1.807) is 4.90 Å². The maximum absolute atomic E-state index is 12.8. The number of ether oxygens (including phenoxy) is 1. The summed E-state index contributed by atoms with van der Waals surface area (Å²) in [7, 11) is 0. The van der Waals surface area contributed by atoms with E-state index in [2.05, 4.69) is 9.97 Å². The Balaban J connectivity index is 1.56. The molecule has 0 unspecified atom stereocenters. The smallest absolute Gasteiger partial charge is 0.421 e. The predicted octanol–water partition coefficient (Wildman–Crippen LogP) is 3.48. The predicted molar refractivity (Wildman–Crippen MR) is 107 cm³/mol. The Morgan fingerprint density at radius 1 is 1.15 bits per heavy atom. The number of halogens is 6. The van der Waals surface area contributed by atoms with Crippen LogP contribution >= 0.6 is 0 Å². The Morgan fingerprint density at radius 2 is 1.82 bits per heavy atom. The lowest BCUT2D eigenvalue weighted by atomic mass is 10.1. The summed E-state index contributed by atoms with van der Waals surface area (Å²) in [5.74, 6) is 0.117. The molecular weight excluding hydrogens is 472 g/mol. The van der Waals surface area contributed by atoms with E-state index in [9.17, 15) is 35.9 Å². The van der Waals surface area contributed by atoms with Crippen LogP contribution in [0.4, 0.5) is 37.1 Å². The van der Waals surface area contributed by atoms with Gasteiger partial charge in [-0.15, -0.1) is 0 Å². The highest BCUT2D eigenvalue weighted by Crippen LogP contribution is 2.29. The molecule has 1 atom stereocenters. The maximum Gasteiger partial charge on any atom is 0.421 e. The number of hydrogen-bond acceptors (Lipinski definition) is 6. The molecule has 186 valence electrons. The average Bonchev–Trinajstić information content (AvgIpc) is 2.78. The third-order valence-corrected chi connectivity index (χ3v) is 5.32. The van der Waals surface area contributed by atoms with E-state index in [1.165, 1.54) is 4.90 Å². The van der Waals surface area contributed by atoms with Crippen molar-refractivity contribution in [3.8, 4) is 0 Å². The van der Waals surface area contributed by atoms with Crippen molar-refractivity contribution in [1.29, 1.82) is 0 Å². The number of rotatable bonds is 5. The molecule has 0 bridgehead atoms. The van der Waals surface area contributed by atoms with Crippen LogP contribution < -0.4 is 10.5 Å². The molecule has 0 radical (unpaired) electrons. The molecule has 1 aliphatic heterocycles.